The lowest BCUT2D eigenvalue weighted by Crippen LogP contribution is -2.23. The van der Waals surface area contributed by atoms with Gasteiger partial charge in [0.05, 0.1) is 22.6 Å². The lowest BCUT2D eigenvalue weighted by atomic mass is 10.2. The number of ether oxygens (including phenoxy) is 1. The van der Waals surface area contributed by atoms with Gasteiger partial charge in [-0.1, -0.05) is 12.1 Å². The Balaban J connectivity index is 0.000000414. The van der Waals surface area contributed by atoms with E-state index in [0.29, 0.717) is 22.9 Å². The highest BCUT2D eigenvalue weighted by atomic mass is 31.2. The van der Waals surface area contributed by atoms with E-state index in [-0.39, 0.29) is 23.8 Å². The van der Waals surface area contributed by atoms with Crippen LogP contribution in [-0.2, 0) is 13.6 Å². The van der Waals surface area contributed by atoms with E-state index in [2.05, 4.69) is 4.98 Å². The Morgan fingerprint density at radius 3 is 1.83 bits per heavy atom. The van der Waals surface area contributed by atoms with Crippen LogP contribution >= 0.6 is 8.60 Å². The molecule has 0 aliphatic rings. The molecule has 9 nitrogen and oxygen atoms in total. The first kappa shape index (κ1) is 25.7. The second kappa shape index (κ2) is 11.2. The molecule has 30 heavy (non-hydrogen) atoms. The van der Waals surface area contributed by atoms with Crippen LogP contribution in [-0.4, -0.2) is 23.0 Å². The molecule has 2 rings (SSSR count). The quantitative estimate of drug-likeness (QED) is 0.293. The lowest BCUT2D eigenvalue weighted by molar-refractivity contribution is 0.00866. The van der Waals surface area contributed by atoms with E-state index >= 15 is 0 Å². The molecule has 0 amide bonds. The van der Waals surface area contributed by atoms with Crippen molar-refractivity contribution in [3.8, 4) is 5.75 Å². The molecule has 0 fully saturated rings. The Bertz CT molecular complexity index is 777. The van der Waals surface area contributed by atoms with Crippen LogP contribution in [0, 0.1) is 0 Å². The van der Waals surface area contributed by atoms with Crippen LogP contribution < -0.4 is 27.7 Å². The van der Waals surface area contributed by atoms with Gasteiger partial charge in [-0.2, -0.15) is 0 Å². The highest BCUT2D eigenvalue weighted by molar-refractivity contribution is 7.41. The van der Waals surface area contributed by atoms with Crippen molar-refractivity contribution in [1.82, 2.24) is 4.98 Å². The molecule has 0 saturated carbocycles. The van der Waals surface area contributed by atoms with E-state index < -0.39 is 8.60 Å². The SMILES string of the molecule is CC(C)(C)OP(OCOc1ccccc1N)OC(C)(C)C.Nc1ccc(N)c(N)n1. The van der Waals surface area contributed by atoms with Gasteiger partial charge in [0.15, 0.2) is 6.79 Å². The number of nitrogens with two attached hydrogens (primary N) is 4. The maximum Gasteiger partial charge on any atom is 0.336 e. The minimum absolute atomic E-state index is 0.0199. The summed E-state index contributed by atoms with van der Waals surface area (Å²) in [5, 5.41) is 0. The monoisotopic (exact) mass is 439 g/mol. The number of hydrogen-bond donors (Lipinski definition) is 4. The van der Waals surface area contributed by atoms with Crippen LogP contribution in [0.15, 0.2) is 36.4 Å². The van der Waals surface area contributed by atoms with Gasteiger partial charge in [0.2, 0.25) is 0 Å². The van der Waals surface area contributed by atoms with Gasteiger partial charge in [0.25, 0.3) is 0 Å². The van der Waals surface area contributed by atoms with Crippen molar-refractivity contribution in [3.63, 3.8) is 0 Å². The van der Waals surface area contributed by atoms with Gasteiger partial charge in [-0.3, -0.25) is 4.52 Å². The Morgan fingerprint density at radius 1 is 0.800 bits per heavy atom. The topological polar surface area (TPSA) is 154 Å². The molecule has 168 valence electrons. The predicted octanol–water partition coefficient (Wildman–Crippen LogP) is 4.31. The molecular formula is C20H34N5O4P. The molecule has 0 aliphatic heterocycles. The highest BCUT2D eigenvalue weighted by Crippen LogP contribution is 2.47. The first-order valence-corrected chi connectivity index (χ1v) is 10.4. The minimum atomic E-state index is -1.51. The van der Waals surface area contributed by atoms with Crippen molar-refractivity contribution in [1.29, 1.82) is 0 Å². The number of nitrogens with zero attached hydrogens (tertiary/aromatic N) is 1. The number of anilines is 4. The summed E-state index contributed by atoms with van der Waals surface area (Å²) in [5.74, 6) is 1.26. The van der Waals surface area contributed by atoms with Gasteiger partial charge in [0.1, 0.15) is 17.4 Å². The third-order valence-electron chi connectivity index (χ3n) is 2.97. The zero-order valence-electron chi connectivity index (χ0n) is 18.5. The molecule has 1 aromatic carbocycles. The van der Waals surface area contributed by atoms with Crippen LogP contribution in [0.4, 0.5) is 23.0 Å². The average Bonchev–Trinajstić information content (AvgIpc) is 2.58. The first-order valence-electron chi connectivity index (χ1n) is 9.33. The second-order valence-electron chi connectivity index (χ2n) is 8.27. The molecule has 1 aromatic heterocycles. The summed E-state index contributed by atoms with van der Waals surface area (Å²) in [7, 11) is -1.51. The summed E-state index contributed by atoms with van der Waals surface area (Å²) in [6.45, 7) is 11.7. The van der Waals surface area contributed by atoms with Crippen molar-refractivity contribution in [2.75, 3.05) is 29.7 Å². The maximum absolute atomic E-state index is 5.80. The summed E-state index contributed by atoms with van der Waals surface area (Å²) in [6.07, 6.45) is 0. The second-order valence-corrected chi connectivity index (χ2v) is 9.34. The number of benzene rings is 1. The largest absolute Gasteiger partial charge is 0.465 e. The van der Waals surface area contributed by atoms with Crippen molar-refractivity contribution < 1.29 is 18.3 Å². The minimum Gasteiger partial charge on any atom is -0.465 e. The number of nitrogen functional groups attached to an aromatic ring is 4. The van der Waals surface area contributed by atoms with E-state index in [1.807, 2.05) is 53.7 Å². The summed E-state index contributed by atoms with van der Waals surface area (Å²) in [6, 6.07) is 10.5. The molecule has 0 saturated heterocycles. The molecule has 0 aliphatic carbocycles. The normalized spacial score (nSPS) is 11.7. The molecule has 0 atom stereocenters. The van der Waals surface area contributed by atoms with Gasteiger partial charge in [-0.15, -0.1) is 0 Å². The van der Waals surface area contributed by atoms with E-state index in [9.17, 15) is 0 Å². The van der Waals surface area contributed by atoms with Gasteiger partial charge in [-0.25, -0.2) is 4.98 Å². The standard InChI is InChI=1S/C15H26NO4P.C5H8N4/c1-14(2,3)19-21(20-15(4,5)6)18-11-17-13-10-8-7-9-12(13)16;6-3-1-2-4(7)9-5(3)8/h7-10H,11,16H2,1-6H3;1-2H,6H2,(H4,7,8,9). The Morgan fingerprint density at radius 2 is 1.37 bits per heavy atom. The summed E-state index contributed by atoms with van der Waals surface area (Å²) < 4.78 is 22.7. The number of aromatic nitrogens is 1. The van der Waals surface area contributed by atoms with E-state index in [1.54, 1.807) is 24.3 Å². The number of rotatable bonds is 6. The van der Waals surface area contributed by atoms with Crippen LogP contribution in [0.25, 0.3) is 0 Å². The van der Waals surface area contributed by atoms with E-state index in [4.69, 9.17) is 41.2 Å². The Hall–Kier alpha value is -2.32. The molecule has 0 spiro atoms. The molecule has 2 aromatic rings. The molecule has 0 radical (unpaired) electrons. The fourth-order valence-electron chi connectivity index (χ4n) is 1.76. The fraction of sp³-hybridized carbons (Fsp3) is 0.450. The van der Waals surface area contributed by atoms with Gasteiger partial charge >= 0.3 is 8.60 Å². The number of hydrogen-bond acceptors (Lipinski definition) is 9. The van der Waals surface area contributed by atoms with Crippen LogP contribution in [0.5, 0.6) is 5.75 Å². The smallest absolute Gasteiger partial charge is 0.336 e. The lowest BCUT2D eigenvalue weighted by Gasteiger charge is -2.30. The van der Waals surface area contributed by atoms with Gasteiger partial charge < -0.3 is 36.7 Å². The molecular weight excluding hydrogens is 405 g/mol. The van der Waals surface area contributed by atoms with Crippen LogP contribution in [0.2, 0.25) is 0 Å². The average molecular weight is 439 g/mol. The summed E-state index contributed by atoms with van der Waals surface area (Å²) in [4.78, 5) is 3.70. The van der Waals surface area contributed by atoms with E-state index in [1.165, 1.54) is 0 Å². The van der Waals surface area contributed by atoms with Crippen molar-refractivity contribution in [3.05, 3.63) is 36.4 Å². The Kier molecular flexibility index (Phi) is 9.58. The molecule has 1 heterocycles. The predicted molar refractivity (Wildman–Crippen MR) is 124 cm³/mol. The third-order valence-corrected chi connectivity index (χ3v) is 4.68. The van der Waals surface area contributed by atoms with Crippen molar-refractivity contribution in [2.45, 2.75) is 52.7 Å². The zero-order valence-corrected chi connectivity index (χ0v) is 19.4. The van der Waals surface area contributed by atoms with Crippen LogP contribution in [0.3, 0.4) is 0 Å². The number of para-hydroxylation sites is 2. The van der Waals surface area contributed by atoms with Gasteiger partial charge in [0, 0.05) is 0 Å². The van der Waals surface area contributed by atoms with Crippen molar-refractivity contribution in [2.24, 2.45) is 0 Å². The fourth-order valence-corrected chi connectivity index (χ4v) is 2.94. The summed E-state index contributed by atoms with van der Waals surface area (Å²) >= 11 is 0. The molecule has 0 bridgehead atoms. The molecule has 0 unspecified atom stereocenters. The zero-order chi connectivity index (χ0) is 22.9. The number of pyridine rings is 1. The third kappa shape index (κ3) is 11.0. The highest BCUT2D eigenvalue weighted by Gasteiger charge is 2.27. The first-order chi connectivity index (χ1) is 13.8. The van der Waals surface area contributed by atoms with Crippen LogP contribution in [0.1, 0.15) is 41.5 Å². The van der Waals surface area contributed by atoms with Gasteiger partial charge in [-0.05, 0) is 65.8 Å². The van der Waals surface area contributed by atoms with E-state index in [0.717, 1.165) is 0 Å². The van der Waals surface area contributed by atoms with Crippen molar-refractivity contribution >= 4 is 31.6 Å². The summed E-state index contributed by atoms with van der Waals surface area (Å²) in [5.41, 5.74) is 22.0. The maximum atomic E-state index is 5.80. The molecule has 8 N–H and O–H groups in total. The molecule has 10 heteroatoms. The Labute approximate surface area is 180 Å².